The summed E-state index contributed by atoms with van der Waals surface area (Å²) in [7, 11) is 1.38. The summed E-state index contributed by atoms with van der Waals surface area (Å²) in [6.45, 7) is 9.99. The fourth-order valence-corrected chi connectivity index (χ4v) is 7.06. The Morgan fingerprint density at radius 1 is 0.961 bits per heavy atom. The van der Waals surface area contributed by atoms with Crippen molar-refractivity contribution in [3.8, 4) is 22.4 Å². The first kappa shape index (κ1) is 35.8. The number of aromatic nitrogens is 2. The minimum atomic E-state index is -0.633. The summed E-state index contributed by atoms with van der Waals surface area (Å²) in [5.74, 6) is 0.257. The van der Waals surface area contributed by atoms with E-state index in [1.165, 1.54) is 7.11 Å². The Morgan fingerprint density at radius 2 is 1.61 bits per heavy atom. The normalized spacial score (nSPS) is 17.1. The number of carbonyl (C=O) groups excluding carboxylic acids is 4. The predicted molar refractivity (Wildman–Crippen MR) is 196 cm³/mol. The number of hydrogen-bond donors (Lipinski definition) is 2. The number of rotatable bonds is 11. The van der Waals surface area contributed by atoms with Crippen LogP contribution in [0.2, 0.25) is 0 Å². The van der Waals surface area contributed by atoms with E-state index in [0.29, 0.717) is 12.0 Å². The topological polar surface area (TPSA) is 131 Å². The molecule has 1 saturated heterocycles. The molecule has 268 valence electrons. The van der Waals surface area contributed by atoms with Gasteiger partial charge in [0.1, 0.15) is 11.4 Å². The third-order valence-corrected chi connectivity index (χ3v) is 10.2. The Bertz CT molecular complexity index is 1940. The van der Waals surface area contributed by atoms with Crippen LogP contribution in [0.5, 0.6) is 0 Å². The van der Waals surface area contributed by atoms with Gasteiger partial charge >= 0.3 is 12.1 Å². The van der Waals surface area contributed by atoms with Gasteiger partial charge in [-0.3, -0.25) is 14.4 Å². The van der Waals surface area contributed by atoms with Gasteiger partial charge in [-0.15, -0.1) is 0 Å². The molecule has 1 aliphatic carbocycles. The average molecular weight is 693 g/mol. The second-order valence-corrected chi connectivity index (χ2v) is 15.5. The highest BCUT2D eigenvalue weighted by Crippen LogP contribution is 2.58. The van der Waals surface area contributed by atoms with Crippen LogP contribution in [0.4, 0.5) is 4.79 Å². The number of H-pyrrole nitrogens is 1. The predicted octanol–water partition coefficient (Wildman–Crippen LogP) is 7.88. The van der Waals surface area contributed by atoms with Gasteiger partial charge in [0.2, 0.25) is 5.91 Å². The van der Waals surface area contributed by atoms with E-state index in [9.17, 15) is 19.2 Å². The summed E-state index contributed by atoms with van der Waals surface area (Å²) in [5, 5.41) is 4.67. The van der Waals surface area contributed by atoms with Crippen LogP contribution >= 0.6 is 0 Å². The largest absolute Gasteiger partial charge is 0.469 e. The molecule has 1 aliphatic heterocycles. The quantitative estimate of drug-likeness (QED) is 0.121. The monoisotopic (exact) mass is 692 g/mol. The van der Waals surface area contributed by atoms with Gasteiger partial charge in [0.15, 0.2) is 5.78 Å². The molecule has 2 heterocycles. The molecule has 2 atom stereocenters. The number of ether oxygens (including phenoxy) is 2. The van der Waals surface area contributed by atoms with Gasteiger partial charge < -0.3 is 24.7 Å². The van der Waals surface area contributed by atoms with Gasteiger partial charge in [-0.05, 0) is 91.8 Å². The Labute approximate surface area is 299 Å². The number of aromatic amines is 1. The zero-order chi connectivity index (χ0) is 36.5. The van der Waals surface area contributed by atoms with Crippen LogP contribution < -0.4 is 5.32 Å². The molecule has 10 nitrogen and oxygen atoms in total. The second kappa shape index (κ2) is 14.3. The maximum atomic E-state index is 14.0. The van der Waals surface area contributed by atoms with Crippen LogP contribution in [0.3, 0.4) is 0 Å². The Balaban J connectivity index is 1.14. The zero-order valence-corrected chi connectivity index (χ0v) is 30.4. The van der Waals surface area contributed by atoms with Crippen molar-refractivity contribution < 1.29 is 28.7 Å². The number of nitrogens with zero attached hydrogens (tertiary/aromatic N) is 2. The lowest BCUT2D eigenvalue weighted by Gasteiger charge is -2.30. The number of imidazole rings is 1. The Morgan fingerprint density at radius 3 is 2.24 bits per heavy atom. The van der Waals surface area contributed by atoms with Crippen molar-refractivity contribution in [3.63, 3.8) is 0 Å². The molecular formula is C41H48N4O6. The molecule has 51 heavy (non-hydrogen) atoms. The fourth-order valence-electron chi connectivity index (χ4n) is 7.06. The molecule has 3 aromatic carbocycles. The summed E-state index contributed by atoms with van der Waals surface area (Å²) in [6, 6.07) is 19.8. The standard InChI is InChI=1S/C41H48N4O6/c1-25(2)32(15-16-36(47)50-6)38(48)45-24-41(17-18-41)21-34(45)37-42-22-33(44-37)31-14-13-29-19-28(11-12-30(29)20-31)26-7-9-27(10-8-26)35(46)23-43-39(49)51-40(3,4)5/h7-14,19-20,22,25,32,34H,15-18,21,23-24H2,1-6H3,(H,42,44)(H,43,49). The Kier molecular flexibility index (Phi) is 10.1. The van der Waals surface area contributed by atoms with E-state index in [2.05, 4.69) is 46.7 Å². The van der Waals surface area contributed by atoms with Crippen molar-refractivity contribution >= 4 is 34.5 Å². The van der Waals surface area contributed by atoms with E-state index in [4.69, 9.17) is 14.5 Å². The maximum absolute atomic E-state index is 14.0. The van der Waals surface area contributed by atoms with E-state index in [1.807, 2.05) is 37.1 Å². The number of hydrogen-bond acceptors (Lipinski definition) is 7. The zero-order valence-electron chi connectivity index (χ0n) is 30.4. The van der Waals surface area contributed by atoms with Gasteiger partial charge in [-0.2, -0.15) is 0 Å². The highest BCUT2D eigenvalue weighted by molar-refractivity contribution is 5.99. The number of alkyl carbamates (subject to hydrolysis) is 1. The van der Waals surface area contributed by atoms with Crippen molar-refractivity contribution in [2.45, 2.75) is 78.4 Å². The van der Waals surface area contributed by atoms with Crippen molar-refractivity contribution in [2.75, 3.05) is 20.2 Å². The van der Waals surface area contributed by atoms with E-state index in [0.717, 1.165) is 64.8 Å². The lowest BCUT2D eigenvalue weighted by Crippen LogP contribution is -2.39. The highest BCUT2D eigenvalue weighted by atomic mass is 16.6. The van der Waals surface area contributed by atoms with Crippen LogP contribution in [-0.2, 0) is 19.1 Å². The van der Waals surface area contributed by atoms with Crippen LogP contribution in [0.25, 0.3) is 33.2 Å². The summed E-state index contributed by atoms with van der Waals surface area (Å²) in [5.41, 5.74) is 3.95. The average Bonchev–Trinajstić information content (AvgIpc) is 3.49. The smallest absolute Gasteiger partial charge is 0.408 e. The SMILES string of the molecule is COC(=O)CCC(C(=O)N1CC2(CC2)CC1c1ncc(-c2ccc3cc(-c4ccc(C(=O)CNC(=O)OC(C)(C)C)cc4)ccc3c2)[nH]1)C(C)C. The van der Waals surface area contributed by atoms with Crippen molar-refractivity contribution in [1.82, 2.24) is 20.2 Å². The lowest BCUT2D eigenvalue weighted by atomic mass is 9.89. The summed E-state index contributed by atoms with van der Waals surface area (Å²) in [6.07, 6.45) is 5.08. The first-order chi connectivity index (χ1) is 24.2. The minimum Gasteiger partial charge on any atom is -0.469 e. The number of fused-ring (bicyclic) bond motifs is 1. The summed E-state index contributed by atoms with van der Waals surface area (Å²) < 4.78 is 10.1. The van der Waals surface area contributed by atoms with Crippen molar-refractivity contribution in [3.05, 3.63) is 78.2 Å². The maximum Gasteiger partial charge on any atom is 0.408 e. The first-order valence-corrected chi connectivity index (χ1v) is 17.8. The van der Waals surface area contributed by atoms with Gasteiger partial charge in [-0.25, -0.2) is 9.78 Å². The highest BCUT2D eigenvalue weighted by Gasteiger charge is 2.55. The molecule has 1 aromatic heterocycles. The molecule has 2 aliphatic rings. The van der Waals surface area contributed by atoms with Crippen LogP contribution in [0, 0.1) is 17.3 Å². The van der Waals surface area contributed by atoms with Crippen LogP contribution in [-0.4, -0.2) is 64.4 Å². The third kappa shape index (κ3) is 8.32. The second-order valence-electron chi connectivity index (χ2n) is 15.5. The van der Waals surface area contributed by atoms with E-state index in [1.54, 1.807) is 32.9 Å². The number of methoxy groups -OCH3 is 1. The van der Waals surface area contributed by atoms with E-state index in [-0.39, 0.29) is 53.9 Å². The molecule has 4 aromatic rings. The molecule has 2 N–H and O–H groups in total. The number of nitrogens with one attached hydrogen (secondary N) is 2. The number of benzene rings is 3. The van der Waals surface area contributed by atoms with Gasteiger partial charge in [-0.1, -0.05) is 62.4 Å². The molecule has 2 fully saturated rings. The number of ketones is 1. The summed E-state index contributed by atoms with van der Waals surface area (Å²) >= 11 is 0. The number of amides is 2. The molecule has 1 spiro atoms. The van der Waals surface area contributed by atoms with Crippen LogP contribution in [0.15, 0.2) is 66.9 Å². The molecule has 6 rings (SSSR count). The first-order valence-electron chi connectivity index (χ1n) is 17.8. The van der Waals surface area contributed by atoms with E-state index >= 15 is 0 Å². The number of esters is 1. The lowest BCUT2D eigenvalue weighted by molar-refractivity contribution is -0.142. The van der Waals surface area contributed by atoms with Gasteiger partial charge in [0, 0.05) is 30.0 Å². The molecule has 0 bridgehead atoms. The summed E-state index contributed by atoms with van der Waals surface area (Å²) in [4.78, 5) is 60.8. The number of carbonyl (C=O) groups is 4. The molecule has 0 radical (unpaired) electrons. The molecular weight excluding hydrogens is 644 g/mol. The van der Waals surface area contributed by atoms with Crippen molar-refractivity contribution in [1.29, 1.82) is 0 Å². The molecule has 1 saturated carbocycles. The molecule has 2 unspecified atom stereocenters. The van der Waals surface area contributed by atoms with Crippen molar-refractivity contribution in [2.24, 2.45) is 17.3 Å². The fraction of sp³-hybridized carbons (Fsp3) is 0.439. The minimum absolute atomic E-state index is 0.0959. The molecule has 2 amide bonds. The van der Waals surface area contributed by atoms with Crippen LogP contribution in [0.1, 0.15) is 88.9 Å². The number of likely N-dealkylation sites (tertiary alicyclic amines) is 1. The van der Waals surface area contributed by atoms with Gasteiger partial charge in [0.25, 0.3) is 0 Å². The Hall–Kier alpha value is -4.99. The molecule has 10 heteroatoms. The number of Topliss-reactive ketones (excluding diaryl/α,β-unsaturated/α-hetero) is 1. The van der Waals surface area contributed by atoms with Gasteiger partial charge in [0.05, 0.1) is 31.6 Å². The van der Waals surface area contributed by atoms with E-state index < -0.39 is 11.7 Å². The third-order valence-electron chi connectivity index (χ3n) is 10.2.